The lowest BCUT2D eigenvalue weighted by Crippen LogP contribution is -2.54. The fraction of sp³-hybridized carbons (Fsp3) is 0.538. The van der Waals surface area contributed by atoms with E-state index in [4.69, 9.17) is 4.84 Å². The Labute approximate surface area is 215 Å². The first kappa shape index (κ1) is 27.8. The van der Waals surface area contributed by atoms with E-state index in [0.29, 0.717) is 6.42 Å². The molecule has 1 unspecified atom stereocenters. The summed E-state index contributed by atoms with van der Waals surface area (Å²) in [5.74, 6) is -3.65. The Morgan fingerprint density at radius 2 is 1.70 bits per heavy atom. The average Bonchev–Trinajstić information content (AvgIpc) is 3.13. The summed E-state index contributed by atoms with van der Waals surface area (Å²) in [5, 5.41) is 4.93. The summed E-state index contributed by atoms with van der Waals surface area (Å²) < 4.78 is 0. The Bertz CT molecular complexity index is 1060. The summed E-state index contributed by atoms with van der Waals surface area (Å²) in [6, 6.07) is 3.45. The van der Waals surface area contributed by atoms with Gasteiger partial charge in [0.15, 0.2) is 0 Å². The van der Waals surface area contributed by atoms with Gasteiger partial charge in [-0.1, -0.05) is 57.9 Å². The lowest BCUT2D eigenvalue weighted by molar-refractivity contribution is -0.157. The monoisotopic (exact) mass is 514 g/mol. The van der Waals surface area contributed by atoms with Crippen LogP contribution in [0.1, 0.15) is 98.3 Å². The van der Waals surface area contributed by atoms with Crippen LogP contribution in [-0.2, 0) is 24.0 Å². The molecule has 3 N–H and O–H groups in total. The molecule has 2 aliphatic rings. The van der Waals surface area contributed by atoms with Crippen LogP contribution in [0.3, 0.4) is 0 Å². The van der Waals surface area contributed by atoms with E-state index in [1.54, 1.807) is 6.07 Å². The highest BCUT2D eigenvalue weighted by Gasteiger charge is 2.45. The van der Waals surface area contributed by atoms with E-state index in [1.165, 1.54) is 37.8 Å². The van der Waals surface area contributed by atoms with Gasteiger partial charge in [-0.05, 0) is 25.0 Å². The molecule has 3 rings (SSSR count). The Balaban J connectivity index is 1.44. The van der Waals surface area contributed by atoms with Crippen molar-refractivity contribution < 1.29 is 33.6 Å². The molecule has 2 aliphatic heterocycles. The minimum atomic E-state index is -1.08. The lowest BCUT2D eigenvalue weighted by Gasteiger charge is -2.27. The zero-order valence-corrected chi connectivity index (χ0v) is 21.1. The maximum atomic E-state index is 13.1. The smallest absolute Gasteiger partial charge is 0.332 e. The number of nitrogens with zero attached hydrogens (tertiary/aromatic N) is 1. The highest BCUT2D eigenvalue weighted by atomic mass is 16.7. The first-order chi connectivity index (χ1) is 17.8. The number of anilines is 1. The Morgan fingerprint density at radius 1 is 1.00 bits per heavy atom. The minimum absolute atomic E-state index is 0.0207. The van der Waals surface area contributed by atoms with Crippen molar-refractivity contribution >= 4 is 41.2 Å². The maximum absolute atomic E-state index is 13.1. The Morgan fingerprint density at radius 3 is 2.41 bits per heavy atom. The molecular formula is C26H34N4O7. The second-order valence-corrected chi connectivity index (χ2v) is 9.25. The van der Waals surface area contributed by atoms with Gasteiger partial charge in [-0.15, -0.1) is 0 Å². The predicted octanol–water partition coefficient (Wildman–Crippen LogP) is 2.60. The molecule has 0 bridgehead atoms. The van der Waals surface area contributed by atoms with Crippen molar-refractivity contribution in [3.63, 3.8) is 0 Å². The number of hydroxylamine groups is 1. The van der Waals surface area contributed by atoms with Crippen LogP contribution in [0, 0.1) is 0 Å². The van der Waals surface area contributed by atoms with Gasteiger partial charge in [-0.2, -0.15) is 5.48 Å². The van der Waals surface area contributed by atoms with Gasteiger partial charge in [0.1, 0.15) is 6.04 Å². The van der Waals surface area contributed by atoms with Crippen LogP contribution in [0.2, 0.25) is 0 Å². The van der Waals surface area contributed by atoms with Gasteiger partial charge in [0, 0.05) is 18.5 Å². The molecule has 37 heavy (non-hydrogen) atoms. The number of carbonyl (C=O) groups excluding carboxylic acids is 6. The standard InChI is InChI=1S/C26H34N4O7/c1-2-3-4-5-6-7-8-9-13-22(33)37-29-21(32)16-27-18-12-10-11-17-23(18)26(36)30(25(17)35)19-14-15-20(31)28-24(19)34/h10-12,19,27H,2-9,13-16H2,1H3,(H,29,32)(H,28,31,34). The van der Waals surface area contributed by atoms with E-state index >= 15 is 0 Å². The molecule has 5 amide bonds. The van der Waals surface area contributed by atoms with Gasteiger partial charge in [0.2, 0.25) is 11.8 Å². The van der Waals surface area contributed by atoms with Gasteiger partial charge >= 0.3 is 5.97 Å². The third kappa shape index (κ3) is 7.37. The zero-order chi connectivity index (χ0) is 26.8. The number of hydrogen-bond acceptors (Lipinski definition) is 8. The number of unbranched alkanes of at least 4 members (excludes halogenated alkanes) is 7. The van der Waals surface area contributed by atoms with Crippen LogP contribution in [0.5, 0.6) is 0 Å². The SMILES string of the molecule is CCCCCCCCCCC(=O)ONC(=O)CNc1cccc2c1C(=O)N(C1CCC(=O)NC1=O)C2=O. The summed E-state index contributed by atoms with van der Waals surface area (Å²) in [5.41, 5.74) is 2.45. The molecule has 1 atom stereocenters. The van der Waals surface area contributed by atoms with Gasteiger partial charge in [-0.25, -0.2) is 4.79 Å². The molecule has 0 spiro atoms. The van der Waals surface area contributed by atoms with Crippen LogP contribution in [0.25, 0.3) is 0 Å². The molecule has 0 aromatic heterocycles. The molecule has 1 aromatic carbocycles. The van der Waals surface area contributed by atoms with Crippen molar-refractivity contribution in [1.82, 2.24) is 15.7 Å². The van der Waals surface area contributed by atoms with Gasteiger partial charge < -0.3 is 10.2 Å². The third-order valence-corrected chi connectivity index (χ3v) is 6.42. The van der Waals surface area contributed by atoms with E-state index in [-0.39, 0.29) is 42.6 Å². The van der Waals surface area contributed by atoms with Crippen LogP contribution < -0.4 is 16.1 Å². The van der Waals surface area contributed by atoms with Crippen molar-refractivity contribution in [2.75, 3.05) is 11.9 Å². The Hall–Kier alpha value is -3.76. The van der Waals surface area contributed by atoms with Gasteiger partial charge in [0.25, 0.3) is 17.7 Å². The third-order valence-electron chi connectivity index (χ3n) is 6.42. The van der Waals surface area contributed by atoms with Crippen LogP contribution in [0.4, 0.5) is 5.69 Å². The molecular weight excluding hydrogens is 480 g/mol. The molecule has 1 fully saturated rings. The van der Waals surface area contributed by atoms with E-state index in [0.717, 1.165) is 24.2 Å². The fourth-order valence-electron chi connectivity index (χ4n) is 4.44. The molecule has 0 saturated carbocycles. The molecule has 0 aliphatic carbocycles. The summed E-state index contributed by atoms with van der Waals surface area (Å²) in [4.78, 5) is 79.3. The second kappa shape index (κ2) is 13.5. The molecule has 0 radical (unpaired) electrons. The lowest BCUT2D eigenvalue weighted by atomic mass is 10.0. The normalized spacial score (nSPS) is 16.9. The molecule has 1 aromatic rings. The molecule has 11 nitrogen and oxygen atoms in total. The number of imide groups is 2. The van der Waals surface area contributed by atoms with Crippen LogP contribution in [0.15, 0.2) is 18.2 Å². The minimum Gasteiger partial charge on any atom is -0.375 e. The van der Waals surface area contributed by atoms with E-state index < -0.39 is 41.5 Å². The number of carbonyl (C=O) groups is 6. The zero-order valence-electron chi connectivity index (χ0n) is 21.1. The molecule has 11 heteroatoms. The molecule has 2 heterocycles. The Kier molecular flexibility index (Phi) is 10.2. The summed E-state index contributed by atoms with van der Waals surface area (Å²) in [6.45, 7) is 1.86. The second-order valence-electron chi connectivity index (χ2n) is 9.25. The number of amides is 5. The van der Waals surface area contributed by atoms with E-state index in [9.17, 15) is 28.8 Å². The summed E-state index contributed by atoms with van der Waals surface area (Å²) in [6.07, 6.45) is 9.03. The highest BCUT2D eigenvalue weighted by molar-refractivity contribution is 6.25. The van der Waals surface area contributed by atoms with Crippen molar-refractivity contribution in [1.29, 1.82) is 0 Å². The predicted molar refractivity (Wildman–Crippen MR) is 133 cm³/mol. The van der Waals surface area contributed by atoms with E-state index in [1.807, 2.05) is 0 Å². The number of piperidine rings is 1. The van der Waals surface area contributed by atoms with Crippen LogP contribution >= 0.6 is 0 Å². The van der Waals surface area contributed by atoms with Crippen molar-refractivity contribution in [3.8, 4) is 0 Å². The summed E-state index contributed by atoms with van der Waals surface area (Å²) >= 11 is 0. The quantitative estimate of drug-likeness (QED) is 0.206. The molecule has 200 valence electrons. The maximum Gasteiger partial charge on any atom is 0.332 e. The number of hydrogen-bond donors (Lipinski definition) is 3. The highest BCUT2D eigenvalue weighted by Crippen LogP contribution is 2.32. The first-order valence-corrected chi connectivity index (χ1v) is 12.9. The number of fused-ring (bicyclic) bond motifs is 1. The van der Waals surface area contributed by atoms with Gasteiger partial charge in [0.05, 0.1) is 17.7 Å². The van der Waals surface area contributed by atoms with Gasteiger partial charge in [-0.3, -0.25) is 34.2 Å². The average molecular weight is 515 g/mol. The summed E-state index contributed by atoms with van der Waals surface area (Å²) in [7, 11) is 0. The van der Waals surface area contributed by atoms with Crippen molar-refractivity contribution in [2.45, 2.75) is 83.6 Å². The van der Waals surface area contributed by atoms with Crippen molar-refractivity contribution in [2.24, 2.45) is 0 Å². The largest absolute Gasteiger partial charge is 0.375 e. The first-order valence-electron chi connectivity index (χ1n) is 12.9. The van der Waals surface area contributed by atoms with E-state index in [2.05, 4.69) is 23.0 Å². The van der Waals surface area contributed by atoms with Crippen molar-refractivity contribution in [3.05, 3.63) is 29.3 Å². The molecule has 1 saturated heterocycles. The number of benzene rings is 1. The van der Waals surface area contributed by atoms with Crippen LogP contribution in [-0.4, -0.2) is 53.0 Å². The number of nitrogens with one attached hydrogen (secondary N) is 3. The number of rotatable bonds is 13. The fourth-order valence-corrected chi connectivity index (χ4v) is 4.44. The topological polar surface area (TPSA) is 151 Å².